The van der Waals surface area contributed by atoms with Crippen molar-refractivity contribution in [2.45, 2.75) is 44.8 Å². The first-order valence-corrected chi connectivity index (χ1v) is 6.45. The van der Waals surface area contributed by atoms with E-state index in [1.807, 2.05) is 18.7 Å². The van der Waals surface area contributed by atoms with Crippen LogP contribution in [0.2, 0.25) is 0 Å². The van der Waals surface area contributed by atoms with Gasteiger partial charge in [-0.25, -0.2) is 0 Å². The summed E-state index contributed by atoms with van der Waals surface area (Å²) in [4.78, 5) is 14.1. The zero-order valence-electron chi connectivity index (χ0n) is 11.1. The molecule has 0 bridgehead atoms. The summed E-state index contributed by atoms with van der Waals surface area (Å²) in [6, 6.07) is 0. The Labute approximate surface area is 103 Å². The molecule has 4 heteroatoms. The molecule has 1 saturated carbocycles. The Morgan fingerprint density at radius 3 is 2.76 bits per heavy atom. The molecule has 1 heterocycles. The highest BCUT2D eigenvalue weighted by molar-refractivity contribution is 5.77. The van der Waals surface area contributed by atoms with Crippen LogP contribution in [0.3, 0.4) is 0 Å². The molecule has 0 aromatic rings. The lowest BCUT2D eigenvalue weighted by atomic mass is 10.0. The second-order valence-electron chi connectivity index (χ2n) is 5.88. The van der Waals surface area contributed by atoms with Gasteiger partial charge < -0.3 is 14.4 Å². The van der Waals surface area contributed by atoms with Crippen molar-refractivity contribution in [2.24, 2.45) is 5.92 Å². The van der Waals surface area contributed by atoms with E-state index < -0.39 is 0 Å². The van der Waals surface area contributed by atoms with Crippen molar-refractivity contribution in [2.75, 3.05) is 26.8 Å². The van der Waals surface area contributed by atoms with Gasteiger partial charge in [0.25, 0.3) is 0 Å². The van der Waals surface area contributed by atoms with Gasteiger partial charge in [0.1, 0.15) is 0 Å². The lowest BCUT2D eigenvalue weighted by Gasteiger charge is -2.42. The second-order valence-corrected chi connectivity index (χ2v) is 5.88. The molecule has 2 fully saturated rings. The molecule has 1 aliphatic carbocycles. The summed E-state index contributed by atoms with van der Waals surface area (Å²) in [6.45, 7) is 5.98. The maximum atomic E-state index is 12.1. The molecule has 1 saturated heterocycles. The molecule has 0 spiro atoms. The predicted molar refractivity (Wildman–Crippen MR) is 64.7 cm³/mol. The van der Waals surface area contributed by atoms with Gasteiger partial charge in [0, 0.05) is 26.6 Å². The number of ether oxygens (including phenoxy) is 2. The van der Waals surface area contributed by atoms with E-state index in [9.17, 15) is 4.79 Å². The van der Waals surface area contributed by atoms with Crippen LogP contribution >= 0.6 is 0 Å². The molecule has 1 atom stereocenters. The lowest BCUT2D eigenvalue weighted by Crippen LogP contribution is -2.55. The Bertz CT molecular complexity index is 286. The van der Waals surface area contributed by atoms with E-state index in [1.54, 1.807) is 7.11 Å². The van der Waals surface area contributed by atoms with Crippen LogP contribution in [-0.4, -0.2) is 49.3 Å². The van der Waals surface area contributed by atoms with Crippen molar-refractivity contribution in [3.8, 4) is 0 Å². The number of nitrogens with zero attached hydrogens (tertiary/aromatic N) is 1. The van der Waals surface area contributed by atoms with Crippen LogP contribution in [0.1, 0.15) is 33.1 Å². The first-order valence-electron chi connectivity index (χ1n) is 6.45. The van der Waals surface area contributed by atoms with Gasteiger partial charge in [-0.3, -0.25) is 4.79 Å². The molecule has 0 radical (unpaired) electrons. The molecular formula is C13H23NO3. The van der Waals surface area contributed by atoms with Crippen LogP contribution in [0.25, 0.3) is 0 Å². The average molecular weight is 241 g/mol. The molecule has 0 N–H and O–H groups in total. The van der Waals surface area contributed by atoms with Gasteiger partial charge in [0.15, 0.2) is 0 Å². The fraction of sp³-hybridized carbons (Fsp3) is 0.923. The van der Waals surface area contributed by atoms with Crippen LogP contribution in [0.5, 0.6) is 0 Å². The van der Waals surface area contributed by atoms with Gasteiger partial charge in [-0.05, 0) is 32.6 Å². The number of methoxy groups -OCH3 is 1. The van der Waals surface area contributed by atoms with Crippen LogP contribution in [0, 0.1) is 5.92 Å². The highest BCUT2D eigenvalue weighted by Crippen LogP contribution is 2.33. The van der Waals surface area contributed by atoms with Gasteiger partial charge in [0.05, 0.1) is 18.3 Å². The Morgan fingerprint density at radius 1 is 1.47 bits per heavy atom. The van der Waals surface area contributed by atoms with E-state index in [0.29, 0.717) is 25.6 Å². The van der Waals surface area contributed by atoms with Crippen molar-refractivity contribution >= 4 is 5.91 Å². The van der Waals surface area contributed by atoms with E-state index in [4.69, 9.17) is 9.47 Å². The summed E-state index contributed by atoms with van der Waals surface area (Å²) in [5.74, 6) is 0.930. The number of carbonyl (C=O) groups is 1. The summed E-state index contributed by atoms with van der Waals surface area (Å²) in [5.41, 5.74) is -0.263. The minimum atomic E-state index is -0.263. The smallest absolute Gasteiger partial charge is 0.223 e. The molecule has 1 amide bonds. The zero-order valence-corrected chi connectivity index (χ0v) is 11.1. The molecule has 0 aromatic heterocycles. The molecule has 98 valence electrons. The largest absolute Gasteiger partial charge is 0.382 e. The minimum Gasteiger partial charge on any atom is -0.382 e. The highest BCUT2D eigenvalue weighted by atomic mass is 16.5. The molecule has 17 heavy (non-hydrogen) atoms. The summed E-state index contributed by atoms with van der Waals surface area (Å²) < 4.78 is 11.0. The second kappa shape index (κ2) is 4.94. The van der Waals surface area contributed by atoms with Crippen molar-refractivity contribution in [1.29, 1.82) is 0 Å². The third-order valence-electron chi connectivity index (χ3n) is 3.35. The SMILES string of the molecule is COCC1CN(C(=O)CC2CC2)CC(C)(C)O1. The fourth-order valence-electron chi connectivity index (χ4n) is 2.46. The molecular weight excluding hydrogens is 218 g/mol. The number of morpholine rings is 1. The summed E-state index contributed by atoms with van der Waals surface area (Å²) in [6.07, 6.45) is 3.17. The molecule has 1 aliphatic heterocycles. The van der Waals surface area contributed by atoms with Crippen molar-refractivity contribution < 1.29 is 14.3 Å². The molecule has 1 unspecified atom stereocenters. The standard InChI is InChI=1S/C13H23NO3/c1-13(2)9-14(7-11(17-13)8-16-3)12(15)6-10-4-5-10/h10-11H,4-9H2,1-3H3. The quantitative estimate of drug-likeness (QED) is 0.747. The minimum absolute atomic E-state index is 0.00639. The first-order chi connectivity index (χ1) is 8.00. The van der Waals surface area contributed by atoms with E-state index in [-0.39, 0.29) is 17.6 Å². The molecule has 0 aromatic carbocycles. The van der Waals surface area contributed by atoms with E-state index in [2.05, 4.69) is 0 Å². The number of carbonyl (C=O) groups excluding carboxylic acids is 1. The van der Waals surface area contributed by atoms with Crippen molar-refractivity contribution in [3.63, 3.8) is 0 Å². The summed E-state index contributed by atoms with van der Waals surface area (Å²) in [5, 5.41) is 0. The maximum Gasteiger partial charge on any atom is 0.223 e. The Morgan fingerprint density at radius 2 is 2.18 bits per heavy atom. The summed E-state index contributed by atoms with van der Waals surface area (Å²) >= 11 is 0. The Hall–Kier alpha value is -0.610. The number of hydrogen-bond acceptors (Lipinski definition) is 3. The van der Waals surface area contributed by atoms with Crippen LogP contribution in [0.4, 0.5) is 0 Å². The van der Waals surface area contributed by atoms with Crippen LogP contribution < -0.4 is 0 Å². The highest BCUT2D eigenvalue weighted by Gasteiger charge is 2.37. The monoisotopic (exact) mass is 241 g/mol. The topological polar surface area (TPSA) is 38.8 Å². The van der Waals surface area contributed by atoms with E-state index >= 15 is 0 Å². The average Bonchev–Trinajstić information content (AvgIpc) is 2.99. The van der Waals surface area contributed by atoms with Gasteiger partial charge in [-0.1, -0.05) is 0 Å². The number of rotatable bonds is 4. The number of hydrogen-bond donors (Lipinski definition) is 0. The van der Waals surface area contributed by atoms with Gasteiger partial charge in [-0.2, -0.15) is 0 Å². The molecule has 2 rings (SSSR count). The third-order valence-corrected chi connectivity index (χ3v) is 3.35. The van der Waals surface area contributed by atoms with E-state index in [0.717, 1.165) is 6.42 Å². The predicted octanol–water partition coefficient (Wildman–Crippen LogP) is 1.44. The normalized spacial score (nSPS) is 28.2. The Balaban J connectivity index is 1.92. The van der Waals surface area contributed by atoms with E-state index in [1.165, 1.54) is 12.8 Å². The summed E-state index contributed by atoms with van der Waals surface area (Å²) in [7, 11) is 1.67. The van der Waals surface area contributed by atoms with Gasteiger partial charge in [0.2, 0.25) is 5.91 Å². The van der Waals surface area contributed by atoms with Crippen molar-refractivity contribution in [3.05, 3.63) is 0 Å². The first kappa shape index (κ1) is 12.8. The third kappa shape index (κ3) is 3.68. The van der Waals surface area contributed by atoms with Crippen LogP contribution in [0.15, 0.2) is 0 Å². The maximum absolute atomic E-state index is 12.1. The van der Waals surface area contributed by atoms with Gasteiger partial charge >= 0.3 is 0 Å². The van der Waals surface area contributed by atoms with Crippen molar-refractivity contribution in [1.82, 2.24) is 4.90 Å². The molecule has 2 aliphatic rings. The lowest BCUT2D eigenvalue weighted by molar-refractivity contribution is -0.169. The number of amides is 1. The Kier molecular flexibility index (Phi) is 3.73. The van der Waals surface area contributed by atoms with Gasteiger partial charge in [-0.15, -0.1) is 0 Å². The molecule has 4 nitrogen and oxygen atoms in total. The van der Waals surface area contributed by atoms with Crippen LogP contribution in [-0.2, 0) is 14.3 Å². The fourth-order valence-corrected chi connectivity index (χ4v) is 2.46. The zero-order chi connectivity index (χ0) is 12.5.